The molecule has 5 rings (SSSR count). The fourth-order valence-corrected chi connectivity index (χ4v) is 5.22. The van der Waals surface area contributed by atoms with E-state index in [0.29, 0.717) is 61.8 Å². The highest BCUT2D eigenvalue weighted by molar-refractivity contribution is 9.10. The van der Waals surface area contributed by atoms with E-state index in [9.17, 15) is 4.79 Å². The molecule has 0 fully saturated rings. The van der Waals surface area contributed by atoms with Gasteiger partial charge in [-0.1, -0.05) is 47.0 Å². The second-order valence-corrected chi connectivity index (χ2v) is 10.1. The normalized spacial score (nSPS) is 14.3. The molecule has 206 valence electrons. The van der Waals surface area contributed by atoms with Crippen LogP contribution >= 0.6 is 27.5 Å². The fraction of sp³-hybridized carbons (Fsp3) is 0.214. The largest absolute Gasteiger partial charge is 0.493 e. The van der Waals surface area contributed by atoms with Crippen LogP contribution in [0.15, 0.2) is 76.4 Å². The van der Waals surface area contributed by atoms with E-state index in [-0.39, 0.29) is 12.5 Å². The number of carbonyl (C=O) groups excluding carboxylic acids is 1. The van der Waals surface area contributed by atoms with Crippen LogP contribution in [0.25, 0.3) is 0 Å². The summed E-state index contributed by atoms with van der Waals surface area (Å²) < 4.78 is 19.7. The van der Waals surface area contributed by atoms with Crippen LogP contribution in [0.3, 0.4) is 0 Å². The first kappa shape index (κ1) is 27.5. The lowest BCUT2D eigenvalue weighted by Crippen LogP contribution is -2.31. The van der Waals surface area contributed by atoms with Gasteiger partial charge in [0.1, 0.15) is 18.4 Å². The summed E-state index contributed by atoms with van der Waals surface area (Å²) in [5.41, 5.74) is 3.12. The number of halogens is 2. The third-order valence-corrected chi connectivity index (χ3v) is 7.25. The summed E-state index contributed by atoms with van der Waals surface area (Å²) in [6.45, 7) is 4.40. The summed E-state index contributed by atoms with van der Waals surface area (Å²) in [5, 5.41) is 18.8. The Hall–Kier alpha value is -4.09. The first-order chi connectivity index (χ1) is 19.4. The summed E-state index contributed by atoms with van der Waals surface area (Å²) in [4.78, 5) is 13.8. The van der Waals surface area contributed by atoms with Gasteiger partial charge >= 0.3 is 0 Å². The molecule has 40 heavy (non-hydrogen) atoms. The van der Waals surface area contributed by atoms with Gasteiger partial charge in [0.2, 0.25) is 5.95 Å². The zero-order chi connectivity index (χ0) is 28.2. The number of para-hydroxylation sites is 2. The molecule has 0 saturated carbocycles. The molecule has 12 heteroatoms. The highest BCUT2D eigenvalue weighted by atomic mass is 79.9. The minimum Gasteiger partial charge on any atom is -0.493 e. The average Bonchev–Trinajstić information content (AvgIpc) is 3.41. The molecule has 0 radical (unpaired) electrons. The summed E-state index contributed by atoms with van der Waals surface area (Å²) in [6.07, 6.45) is 0. The lowest BCUT2D eigenvalue weighted by molar-refractivity contribution is -0.113. The summed E-state index contributed by atoms with van der Waals surface area (Å²) in [6, 6.07) is 17.7. The Kier molecular flexibility index (Phi) is 8.22. The molecular formula is C28H26BrClN6O4. The number of ether oxygens (including phenoxy) is 3. The van der Waals surface area contributed by atoms with Crippen LogP contribution in [0, 0.1) is 0 Å². The van der Waals surface area contributed by atoms with Crippen molar-refractivity contribution in [2.75, 3.05) is 24.4 Å². The molecule has 3 aromatic carbocycles. The Labute approximate surface area is 244 Å². The van der Waals surface area contributed by atoms with Crippen LogP contribution in [-0.2, 0) is 11.4 Å². The van der Waals surface area contributed by atoms with Gasteiger partial charge in [-0.15, -0.1) is 0 Å². The standard InChI is InChI=1S/C28H26BrClN6O4/c1-4-39-22-12-8-7-11-21(22)32-27(37)24-16(2)31-28-33-34-35-36(28)25(24)18-13-19(29)26(23(14-18)38-3)40-15-17-9-5-6-10-20(17)30/h5-14,25H,4,15H2,1-3H3,(H,32,37)(H,31,33,35). The van der Waals surface area contributed by atoms with Crippen molar-refractivity contribution in [2.24, 2.45) is 0 Å². The zero-order valence-corrected chi connectivity index (χ0v) is 24.3. The summed E-state index contributed by atoms with van der Waals surface area (Å²) in [7, 11) is 1.55. The van der Waals surface area contributed by atoms with E-state index in [0.717, 1.165) is 5.56 Å². The van der Waals surface area contributed by atoms with Crippen LogP contribution in [0.4, 0.5) is 11.6 Å². The number of nitrogens with zero attached hydrogens (tertiary/aromatic N) is 4. The van der Waals surface area contributed by atoms with Crippen molar-refractivity contribution in [3.63, 3.8) is 0 Å². The number of rotatable bonds is 9. The number of benzene rings is 3. The number of nitrogens with one attached hydrogen (secondary N) is 2. The highest BCUT2D eigenvalue weighted by Crippen LogP contribution is 2.43. The van der Waals surface area contributed by atoms with Gasteiger partial charge in [0, 0.05) is 16.3 Å². The average molecular weight is 626 g/mol. The first-order valence-electron chi connectivity index (χ1n) is 12.4. The van der Waals surface area contributed by atoms with Crippen molar-refractivity contribution >= 4 is 45.1 Å². The van der Waals surface area contributed by atoms with Crippen molar-refractivity contribution < 1.29 is 19.0 Å². The molecule has 2 N–H and O–H groups in total. The molecule has 1 aliphatic rings. The highest BCUT2D eigenvalue weighted by Gasteiger charge is 2.35. The lowest BCUT2D eigenvalue weighted by Gasteiger charge is -2.29. The van der Waals surface area contributed by atoms with Crippen LogP contribution in [0.5, 0.6) is 17.2 Å². The molecule has 1 aliphatic heterocycles. The maximum Gasteiger partial charge on any atom is 0.255 e. The smallest absolute Gasteiger partial charge is 0.255 e. The third-order valence-electron chi connectivity index (χ3n) is 6.29. The van der Waals surface area contributed by atoms with E-state index >= 15 is 0 Å². The van der Waals surface area contributed by atoms with Gasteiger partial charge in [0.15, 0.2) is 11.5 Å². The monoisotopic (exact) mass is 624 g/mol. The predicted molar refractivity (Wildman–Crippen MR) is 155 cm³/mol. The number of anilines is 2. The number of carbonyl (C=O) groups is 1. The number of hydrogen-bond donors (Lipinski definition) is 2. The SMILES string of the molecule is CCOc1ccccc1NC(=O)C1=C(C)Nc2nnnn2C1c1cc(Br)c(OCc2ccccc2Cl)c(OC)c1. The van der Waals surface area contributed by atoms with E-state index in [4.69, 9.17) is 25.8 Å². The van der Waals surface area contributed by atoms with Crippen LogP contribution in [0.2, 0.25) is 5.02 Å². The van der Waals surface area contributed by atoms with E-state index in [1.165, 1.54) is 0 Å². The molecule has 1 unspecified atom stereocenters. The molecule has 0 bridgehead atoms. The molecule has 0 saturated heterocycles. The van der Waals surface area contributed by atoms with Crippen molar-refractivity contribution in [1.29, 1.82) is 0 Å². The number of amides is 1. The Bertz CT molecular complexity index is 1590. The van der Waals surface area contributed by atoms with Crippen LogP contribution < -0.4 is 24.8 Å². The Morgan fingerprint density at radius 1 is 1.12 bits per heavy atom. The second kappa shape index (κ2) is 12.0. The fourth-order valence-electron chi connectivity index (χ4n) is 4.46. The van der Waals surface area contributed by atoms with Gasteiger partial charge in [-0.05, 0) is 76.1 Å². The zero-order valence-electron chi connectivity index (χ0n) is 21.9. The maximum atomic E-state index is 13.8. The van der Waals surface area contributed by atoms with Crippen molar-refractivity contribution in [3.8, 4) is 17.2 Å². The lowest BCUT2D eigenvalue weighted by atomic mass is 9.94. The number of fused-ring (bicyclic) bond motifs is 1. The Balaban J connectivity index is 1.52. The van der Waals surface area contributed by atoms with Crippen molar-refractivity contribution in [1.82, 2.24) is 20.2 Å². The number of aromatic nitrogens is 4. The predicted octanol–water partition coefficient (Wildman–Crippen LogP) is 6.00. The molecule has 1 aromatic heterocycles. The van der Waals surface area contributed by atoms with Gasteiger partial charge in [0.25, 0.3) is 5.91 Å². The molecule has 1 atom stereocenters. The van der Waals surface area contributed by atoms with Crippen LogP contribution in [-0.4, -0.2) is 39.8 Å². The molecule has 4 aromatic rings. The maximum absolute atomic E-state index is 13.8. The minimum absolute atomic E-state index is 0.240. The van der Waals surface area contributed by atoms with Gasteiger partial charge in [-0.25, -0.2) is 0 Å². The second-order valence-electron chi connectivity index (χ2n) is 8.81. The van der Waals surface area contributed by atoms with Crippen LogP contribution in [0.1, 0.15) is 31.0 Å². The summed E-state index contributed by atoms with van der Waals surface area (Å²) in [5.74, 6) is 1.60. The van der Waals surface area contributed by atoms with Gasteiger partial charge in [0.05, 0.1) is 29.4 Å². The van der Waals surface area contributed by atoms with Gasteiger partial charge in [-0.2, -0.15) is 4.68 Å². The molecule has 2 heterocycles. The van der Waals surface area contributed by atoms with E-state index < -0.39 is 6.04 Å². The molecule has 10 nitrogen and oxygen atoms in total. The Morgan fingerprint density at radius 3 is 2.67 bits per heavy atom. The third kappa shape index (κ3) is 5.47. The van der Waals surface area contributed by atoms with Gasteiger partial charge in [-0.3, -0.25) is 4.79 Å². The molecule has 0 aliphatic carbocycles. The van der Waals surface area contributed by atoms with E-state index in [1.54, 1.807) is 23.9 Å². The van der Waals surface area contributed by atoms with Crippen molar-refractivity contribution in [2.45, 2.75) is 26.5 Å². The van der Waals surface area contributed by atoms with Crippen molar-refractivity contribution in [3.05, 3.63) is 92.6 Å². The number of hydrogen-bond acceptors (Lipinski definition) is 8. The van der Waals surface area contributed by atoms with Gasteiger partial charge < -0.3 is 24.8 Å². The first-order valence-corrected chi connectivity index (χ1v) is 13.6. The minimum atomic E-state index is -0.673. The van der Waals surface area contributed by atoms with E-state index in [2.05, 4.69) is 42.1 Å². The molecular weight excluding hydrogens is 600 g/mol. The summed E-state index contributed by atoms with van der Waals surface area (Å²) >= 11 is 9.94. The number of methoxy groups -OCH3 is 1. The quantitative estimate of drug-likeness (QED) is 0.233. The molecule has 1 amide bonds. The Morgan fingerprint density at radius 2 is 1.90 bits per heavy atom. The number of tetrazole rings is 1. The number of allylic oxidation sites excluding steroid dienone is 1. The van der Waals surface area contributed by atoms with E-state index in [1.807, 2.05) is 62.4 Å². The topological polar surface area (TPSA) is 112 Å². The molecule has 0 spiro atoms.